The molecule has 1 rings (SSSR count). The van der Waals surface area contributed by atoms with Gasteiger partial charge in [0.15, 0.2) is 0 Å². The van der Waals surface area contributed by atoms with Crippen LogP contribution in [-0.4, -0.2) is 79.4 Å². The minimum Gasteiger partial charge on any atom is -0.463 e. The maximum Gasteiger partial charge on any atom is 0.407 e. The summed E-state index contributed by atoms with van der Waals surface area (Å²) in [6.07, 6.45) is 2.39. The van der Waals surface area contributed by atoms with Gasteiger partial charge in [-0.3, -0.25) is 14.4 Å². The van der Waals surface area contributed by atoms with Gasteiger partial charge in [0, 0.05) is 24.6 Å². The Labute approximate surface area is 237 Å². The van der Waals surface area contributed by atoms with Crippen molar-refractivity contribution in [3.8, 4) is 0 Å². The molecule has 0 aromatic carbocycles. The molecule has 1 heterocycles. The molecular weight excluding hydrogens is 520 g/mol. The summed E-state index contributed by atoms with van der Waals surface area (Å²) in [4.78, 5) is 63.2. The lowest BCUT2D eigenvalue weighted by molar-refractivity contribution is -0.137. The van der Waals surface area contributed by atoms with Gasteiger partial charge in [-0.1, -0.05) is 19.9 Å². The van der Waals surface area contributed by atoms with Crippen molar-refractivity contribution in [3.63, 3.8) is 0 Å². The highest BCUT2D eigenvalue weighted by molar-refractivity contribution is 5.92. The van der Waals surface area contributed by atoms with Crippen LogP contribution >= 0.6 is 0 Å². The highest BCUT2D eigenvalue weighted by atomic mass is 16.6. The van der Waals surface area contributed by atoms with E-state index in [0.717, 1.165) is 0 Å². The van der Waals surface area contributed by atoms with E-state index in [9.17, 15) is 24.0 Å². The van der Waals surface area contributed by atoms with Crippen LogP contribution in [0, 0.1) is 11.8 Å². The van der Waals surface area contributed by atoms with E-state index in [1.54, 1.807) is 20.8 Å². The molecule has 228 valence electrons. The predicted molar refractivity (Wildman–Crippen MR) is 149 cm³/mol. The van der Waals surface area contributed by atoms with E-state index in [-0.39, 0.29) is 37.4 Å². The topological polar surface area (TPSA) is 161 Å². The Morgan fingerprint density at radius 2 is 1.65 bits per heavy atom. The number of ether oxygens (including phenoxy) is 3. The summed E-state index contributed by atoms with van der Waals surface area (Å²) < 4.78 is 15.8. The van der Waals surface area contributed by atoms with E-state index < -0.39 is 53.7 Å². The summed E-state index contributed by atoms with van der Waals surface area (Å²) in [5, 5.41) is 10.9. The minimum absolute atomic E-state index is 0.0323. The molecule has 12 nitrogen and oxygen atoms in total. The third-order valence-electron chi connectivity index (χ3n) is 5.96. The largest absolute Gasteiger partial charge is 0.463 e. The van der Waals surface area contributed by atoms with Crippen LogP contribution in [0.3, 0.4) is 0 Å². The zero-order valence-electron chi connectivity index (χ0n) is 25.1. The predicted octanol–water partition coefficient (Wildman–Crippen LogP) is 1.97. The maximum atomic E-state index is 13.5. The minimum atomic E-state index is -1.14. The molecule has 0 aliphatic carbocycles. The molecule has 1 fully saturated rings. The molecule has 12 heteroatoms. The van der Waals surface area contributed by atoms with Gasteiger partial charge in [-0.15, -0.1) is 0 Å². The van der Waals surface area contributed by atoms with Crippen LogP contribution in [0.1, 0.15) is 74.7 Å². The van der Waals surface area contributed by atoms with Crippen LogP contribution in [0.25, 0.3) is 0 Å². The first-order valence-corrected chi connectivity index (χ1v) is 14.0. The third-order valence-corrected chi connectivity index (χ3v) is 5.96. The SMILES string of the molecule is CCOC(=O)C=C[C@H](C[C@@H]1CCNC1=O)NC(=O)[C@H](CC(C)C)NC(=O)[C@@H](NC(=O)OCC)C(C)OC(C)(C)C. The highest BCUT2D eigenvalue weighted by Crippen LogP contribution is 2.18. The van der Waals surface area contributed by atoms with Crippen molar-refractivity contribution in [2.24, 2.45) is 11.8 Å². The van der Waals surface area contributed by atoms with Crippen LogP contribution in [-0.2, 0) is 33.4 Å². The number of alkyl carbamates (subject to hydrolysis) is 1. The van der Waals surface area contributed by atoms with Crippen molar-refractivity contribution in [2.45, 2.75) is 104 Å². The van der Waals surface area contributed by atoms with Gasteiger partial charge in [-0.2, -0.15) is 0 Å². The van der Waals surface area contributed by atoms with E-state index in [2.05, 4.69) is 21.3 Å². The van der Waals surface area contributed by atoms with Crippen molar-refractivity contribution in [1.82, 2.24) is 21.3 Å². The average molecular weight is 569 g/mol. The van der Waals surface area contributed by atoms with E-state index in [1.807, 2.05) is 34.6 Å². The van der Waals surface area contributed by atoms with Gasteiger partial charge in [-0.05, 0) is 66.7 Å². The second-order valence-corrected chi connectivity index (χ2v) is 11.2. The van der Waals surface area contributed by atoms with Gasteiger partial charge in [0.25, 0.3) is 0 Å². The molecule has 4 N–H and O–H groups in total. The number of hydrogen-bond acceptors (Lipinski definition) is 8. The Kier molecular flexibility index (Phi) is 14.7. The summed E-state index contributed by atoms with van der Waals surface area (Å²) in [6.45, 7) is 15.1. The first-order valence-electron chi connectivity index (χ1n) is 14.0. The highest BCUT2D eigenvalue weighted by Gasteiger charge is 2.35. The van der Waals surface area contributed by atoms with E-state index in [0.29, 0.717) is 19.4 Å². The summed E-state index contributed by atoms with van der Waals surface area (Å²) in [5.41, 5.74) is -0.603. The van der Waals surface area contributed by atoms with Crippen molar-refractivity contribution >= 4 is 29.8 Å². The van der Waals surface area contributed by atoms with Crippen molar-refractivity contribution in [3.05, 3.63) is 12.2 Å². The van der Waals surface area contributed by atoms with Gasteiger partial charge >= 0.3 is 12.1 Å². The maximum absolute atomic E-state index is 13.5. The molecule has 0 aromatic heterocycles. The van der Waals surface area contributed by atoms with Gasteiger partial charge in [0.2, 0.25) is 17.7 Å². The number of nitrogens with one attached hydrogen (secondary N) is 4. The molecule has 0 aromatic rings. The number of rotatable bonds is 15. The molecule has 0 radical (unpaired) electrons. The third kappa shape index (κ3) is 13.3. The van der Waals surface area contributed by atoms with Crippen molar-refractivity contribution in [2.75, 3.05) is 19.8 Å². The lowest BCUT2D eigenvalue weighted by Crippen LogP contribution is -2.59. The van der Waals surface area contributed by atoms with Crippen molar-refractivity contribution < 1.29 is 38.2 Å². The summed E-state index contributed by atoms with van der Waals surface area (Å²) >= 11 is 0. The molecule has 40 heavy (non-hydrogen) atoms. The number of carbonyl (C=O) groups excluding carboxylic acids is 5. The smallest absolute Gasteiger partial charge is 0.407 e. The molecule has 1 aliphatic heterocycles. The molecule has 1 aliphatic rings. The standard InChI is InChI=1S/C28H48N4O8/c1-9-38-22(33)12-11-20(16-19-13-14-29-24(19)34)30-25(35)21(15-17(3)4)31-26(36)23(32-27(37)39-10-2)18(5)40-28(6,7)8/h11-12,17-21,23H,9-10,13-16H2,1-8H3,(H,29,34)(H,30,35)(H,31,36)(H,32,37)/t18?,19-,20+,21-,23-/m0/s1. The molecule has 0 saturated carbocycles. The zero-order chi connectivity index (χ0) is 30.5. The molecule has 1 saturated heterocycles. The fraction of sp³-hybridized carbons (Fsp3) is 0.750. The molecule has 0 bridgehead atoms. The quantitative estimate of drug-likeness (QED) is 0.172. The Hall–Kier alpha value is -3.15. The Balaban J connectivity index is 3.15. The van der Waals surface area contributed by atoms with Gasteiger partial charge < -0.3 is 35.5 Å². The van der Waals surface area contributed by atoms with E-state index in [1.165, 1.54) is 12.2 Å². The monoisotopic (exact) mass is 568 g/mol. The molecule has 0 spiro atoms. The molecule has 4 amide bonds. The Morgan fingerprint density at radius 1 is 1.00 bits per heavy atom. The number of esters is 1. The lowest BCUT2D eigenvalue weighted by atomic mass is 9.96. The van der Waals surface area contributed by atoms with Crippen LogP contribution in [0.15, 0.2) is 12.2 Å². The van der Waals surface area contributed by atoms with Gasteiger partial charge in [-0.25, -0.2) is 9.59 Å². The summed E-state index contributed by atoms with van der Waals surface area (Å²) in [5.74, 6) is -2.08. The number of amides is 4. The van der Waals surface area contributed by atoms with Crippen molar-refractivity contribution in [1.29, 1.82) is 0 Å². The molecular formula is C28H48N4O8. The average Bonchev–Trinajstić information content (AvgIpc) is 3.23. The van der Waals surface area contributed by atoms with Crippen LogP contribution in [0.2, 0.25) is 0 Å². The second-order valence-electron chi connectivity index (χ2n) is 11.2. The number of carbonyl (C=O) groups is 5. The first kappa shape index (κ1) is 34.9. The van der Waals surface area contributed by atoms with Gasteiger partial charge in [0.1, 0.15) is 12.1 Å². The fourth-order valence-electron chi connectivity index (χ4n) is 4.32. The van der Waals surface area contributed by atoms with E-state index >= 15 is 0 Å². The Bertz CT molecular complexity index is 899. The van der Waals surface area contributed by atoms with Crippen LogP contribution in [0.4, 0.5) is 4.79 Å². The lowest BCUT2D eigenvalue weighted by Gasteiger charge is -2.32. The summed E-state index contributed by atoms with van der Waals surface area (Å²) in [7, 11) is 0. The Morgan fingerprint density at radius 3 is 2.17 bits per heavy atom. The summed E-state index contributed by atoms with van der Waals surface area (Å²) in [6, 6.07) is -2.76. The first-order chi connectivity index (χ1) is 18.7. The molecule has 5 atom stereocenters. The number of hydrogen-bond donors (Lipinski definition) is 4. The van der Waals surface area contributed by atoms with Crippen LogP contribution in [0.5, 0.6) is 0 Å². The second kappa shape index (κ2) is 16.8. The zero-order valence-corrected chi connectivity index (χ0v) is 25.1. The fourth-order valence-corrected chi connectivity index (χ4v) is 4.32. The van der Waals surface area contributed by atoms with E-state index in [4.69, 9.17) is 14.2 Å². The van der Waals surface area contributed by atoms with Crippen LogP contribution < -0.4 is 21.3 Å². The molecule has 1 unspecified atom stereocenters. The normalized spacial score (nSPS) is 18.4. The van der Waals surface area contributed by atoms with Gasteiger partial charge in [0.05, 0.1) is 24.9 Å².